The molecule has 3 nitrogen and oxygen atoms in total. The molecule has 0 radical (unpaired) electrons. The lowest BCUT2D eigenvalue weighted by Gasteiger charge is -2.16. The smallest absolute Gasteiger partial charge is 0.194 e. The van der Waals surface area contributed by atoms with Crippen LogP contribution in [0.1, 0.15) is 30.0 Å². The molecule has 0 spiro atoms. The summed E-state index contributed by atoms with van der Waals surface area (Å²) in [6.45, 7) is 3.14. The average Bonchev–Trinajstić information content (AvgIpc) is 3.20. The zero-order valence-corrected chi connectivity index (χ0v) is 10.8. The maximum atomic E-state index is 13.8. The van der Waals surface area contributed by atoms with Crippen LogP contribution in [0.3, 0.4) is 0 Å². The maximum Gasteiger partial charge on any atom is 0.194 e. The molecule has 0 bridgehead atoms. The van der Waals surface area contributed by atoms with E-state index in [1.165, 1.54) is 6.92 Å². The molecule has 1 aliphatic rings. The van der Waals surface area contributed by atoms with Crippen LogP contribution < -0.4 is 11.2 Å². The van der Waals surface area contributed by atoms with E-state index in [4.69, 9.17) is 5.73 Å². The number of benzene rings is 1. The van der Waals surface area contributed by atoms with E-state index < -0.39 is 11.6 Å². The molecule has 3 rings (SSSR count). The summed E-state index contributed by atoms with van der Waals surface area (Å²) in [5.74, 6) is -2.10. The van der Waals surface area contributed by atoms with Crippen LogP contribution in [0.25, 0.3) is 10.9 Å². The first-order chi connectivity index (χ1) is 8.93. The minimum atomic E-state index is -1.13. The number of nitrogen functional groups attached to an aromatic ring is 1. The summed E-state index contributed by atoms with van der Waals surface area (Å²) in [5, 5.41) is 0.100. The molecule has 1 aliphatic carbocycles. The third kappa shape index (κ3) is 1.57. The quantitative estimate of drug-likeness (QED) is 0.805. The van der Waals surface area contributed by atoms with E-state index in [0.717, 1.165) is 12.8 Å². The molecule has 5 heteroatoms. The molecule has 1 fully saturated rings. The van der Waals surface area contributed by atoms with Gasteiger partial charge < -0.3 is 10.3 Å². The second kappa shape index (κ2) is 3.79. The Labute approximate surface area is 108 Å². The highest BCUT2D eigenvalue weighted by atomic mass is 19.2. The van der Waals surface area contributed by atoms with E-state index in [1.54, 1.807) is 13.1 Å². The second-order valence-corrected chi connectivity index (χ2v) is 5.17. The molecule has 19 heavy (non-hydrogen) atoms. The summed E-state index contributed by atoms with van der Waals surface area (Å²) in [6, 6.07) is 0.254. The Kier molecular flexibility index (Phi) is 2.42. The largest absolute Gasteiger partial charge is 0.396 e. The standard InChI is InChI=1S/C14H14F2N2O/c1-6-5-18(8-3-4-8)13-7(2)10(15)11(16)12(17)9(13)14(6)19/h5,8H,3-4,17H2,1-2H3. The number of aromatic nitrogens is 1. The molecule has 2 aromatic rings. The van der Waals surface area contributed by atoms with E-state index in [9.17, 15) is 13.6 Å². The third-order valence-electron chi connectivity index (χ3n) is 3.74. The van der Waals surface area contributed by atoms with Crippen molar-refractivity contribution >= 4 is 16.6 Å². The van der Waals surface area contributed by atoms with Gasteiger partial charge in [-0.15, -0.1) is 0 Å². The molecular formula is C14H14F2N2O. The third-order valence-corrected chi connectivity index (χ3v) is 3.74. The van der Waals surface area contributed by atoms with E-state index in [-0.39, 0.29) is 28.1 Å². The van der Waals surface area contributed by atoms with E-state index in [1.807, 2.05) is 4.57 Å². The van der Waals surface area contributed by atoms with E-state index in [2.05, 4.69) is 0 Å². The number of pyridine rings is 1. The van der Waals surface area contributed by atoms with Crippen LogP contribution in [-0.4, -0.2) is 4.57 Å². The van der Waals surface area contributed by atoms with Crippen molar-refractivity contribution in [2.45, 2.75) is 32.7 Å². The lowest BCUT2D eigenvalue weighted by molar-refractivity contribution is 0.507. The molecule has 0 unspecified atom stereocenters. The molecule has 100 valence electrons. The van der Waals surface area contributed by atoms with Crippen LogP contribution >= 0.6 is 0 Å². The Morgan fingerprint density at radius 2 is 1.89 bits per heavy atom. The molecule has 1 aromatic carbocycles. The van der Waals surface area contributed by atoms with Crippen molar-refractivity contribution in [3.8, 4) is 0 Å². The number of anilines is 1. The van der Waals surface area contributed by atoms with Crippen molar-refractivity contribution in [3.63, 3.8) is 0 Å². The molecular weight excluding hydrogens is 250 g/mol. The lowest BCUT2D eigenvalue weighted by Crippen LogP contribution is -2.16. The van der Waals surface area contributed by atoms with Gasteiger partial charge in [0.05, 0.1) is 16.6 Å². The highest BCUT2D eigenvalue weighted by Gasteiger charge is 2.28. The first kappa shape index (κ1) is 12.1. The Bertz CT molecular complexity index is 761. The van der Waals surface area contributed by atoms with Gasteiger partial charge >= 0.3 is 0 Å². The van der Waals surface area contributed by atoms with Gasteiger partial charge in [0, 0.05) is 23.4 Å². The lowest BCUT2D eigenvalue weighted by atomic mass is 10.0. The summed E-state index contributed by atoms with van der Waals surface area (Å²) in [7, 11) is 0. The second-order valence-electron chi connectivity index (χ2n) is 5.17. The SMILES string of the molecule is Cc1cn(C2CC2)c2c(C)c(F)c(F)c(N)c2c1=O. The fourth-order valence-electron chi connectivity index (χ4n) is 2.53. The van der Waals surface area contributed by atoms with Crippen molar-refractivity contribution in [2.75, 3.05) is 5.73 Å². The van der Waals surface area contributed by atoms with Gasteiger partial charge in [0.2, 0.25) is 0 Å². The van der Waals surface area contributed by atoms with Gasteiger partial charge in [-0.2, -0.15) is 0 Å². The van der Waals surface area contributed by atoms with E-state index >= 15 is 0 Å². The number of fused-ring (bicyclic) bond motifs is 1. The molecule has 1 heterocycles. The van der Waals surface area contributed by atoms with Crippen molar-refractivity contribution < 1.29 is 8.78 Å². The summed E-state index contributed by atoms with van der Waals surface area (Å²) in [6.07, 6.45) is 3.68. The Hall–Kier alpha value is -1.91. The van der Waals surface area contributed by atoms with Crippen molar-refractivity contribution in [3.05, 3.63) is 39.2 Å². The fourth-order valence-corrected chi connectivity index (χ4v) is 2.53. The number of halogens is 2. The van der Waals surface area contributed by atoms with Crippen LogP contribution in [0, 0.1) is 25.5 Å². The predicted octanol–water partition coefficient (Wildman–Crippen LogP) is 2.81. The molecule has 0 amide bonds. The highest BCUT2D eigenvalue weighted by Crippen LogP contribution is 2.39. The molecule has 1 aromatic heterocycles. The number of nitrogens with zero attached hydrogens (tertiary/aromatic N) is 1. The minimum absolute atomic E-state index is 0.100. The van der Waals surface area contributed by atoms with E-state index in [0.29, 0.717) is 11.1 Å². The Morgan fingerprint density at radius 3 is 2.47 bits per heavy atom. The molecule has 0 aliphatic heterocycles. The summed E-state index contributed by atoms with van der Waals surface area (Å²) in [4.78, 5) is 12.2. The Morgan fingerprint density at radius 1 is 1.26 bits per heavy atom. The highest BCUT2D eigenvalue weighted by molar-refractivity contribution is 5.93. The van der Waals surface area contributed by atoms with Crippen molar-refractivity contribution in [2.24, 2.45) is 0 Å². The molecule has 0 saturated heterocycles. The number of aryl methyl sites for hydroxylation is 2. The van der Waals surface area contributed by atoms with Crippen LogP contribution in [0.5, 0.6) is 0 Å². The first-order valence-electron chi connectivity index (χ1n) is 6.22. The zero-order chi connectivity index (χ0) is 13.9. The summed E-state index contributed by atoms with van der Waals surface area (Å²) in [5.41, 5.74) is 5.97. The van der Waals surface area contributed by atoms with Gasteiger partial charge in [0.15, 0.2) is 17.1 Å². The zero-order valence-electron chi connectivity index (χ0n) is 10.8. The van der Waals surface area contributed by atoms with Crippen molar-refractivity contribution in [1.82, 2.24) is 4.57 Å². The van der Waals surface area contributed by atoms with Crippen LogP contribution in [0.2, 0.25) is 0 Å². The molecule has 2 N–H and O–H groups in total. The monoisotopic (exact) mass is 264 g/mol. The maximum absolute atomic E-state index is 13.8. The summed E-state index contributed by atoms with van der Waals surface area (Å²) < 4.78 is 29.4. The summed E-state index contributed by atoms with van der Waals surface area (Å²) >= 11 is 0. The van der Waals surface area contributed by atoms with Crippen LogP contribution in [0.15, 0.2) is 11.0 Å². The van der Waals surface area contributed by atoms with Crippen LogP contribution in [-0.2, 0) is 0 Å². The minimum Gasteiger partial charge on any atom is -0.396 e. The van der Waals surface area contributed by atoms with Gasteiger partial charge in [-0.25, -0.2) is 8.78 Å². The number of hydrogen-bond donors (Lipinski definition) is 1. The van der Waals surface area contributed by atoms with Crippen molar-refractivity contribution in [1.29, 1.82) is 0 Å². The average molecular weight is 264 g/mol. The van der Waals surface area contributed by atoms with Crippen LogP contribution in [0.4, 0.5) is 14.5 Å². The predicted molar refractivity (Wildman–Crippen MR) is 70.3 cm³/mol. The molecule has 1 saturated carbocycles. The van der Waals surface area contributed by atoms with Gasteiger partial charge in [-0.05, 0) is 26.7 Å². The molecule has 0 atom stereocenters. The van der Waals surface area contributed by atoms with Gasteiger partial charge in [-0.1, -0.05) is 0 Å². The number of nitrogens with two attached hydrogens (primary N) is 1. The van der Waals surface area contributed by atoms with Gasteiger partial charge in [0.25, 0.3) is 0 Å². The topological polar surface area (TPSA) is 48.0 Å². The first-order valence-corrected chi connectivity index (χ1v) is 6.22. The fraction of sp³-hybridized carbons (Fsp3) is 0.357. The van der Waals surface area contributed by atoms with Gasteiger partial charge in [0.1, 0.15) is 0 Å². The number of hydrogen-bond acceptors (Lipinski definition) is 2. The normalized spacial score (nSPS) is 15.2. The number of rotatable bonds is 1. The Balaban J connectivity index is 2.60. The van der Waals surface area contributed by atoms with Gasteiger partial charge in [-0.3, -0.25) is 4.79 Å².